The number of para-hydroxylation sites is 1. The average molecular weight is 338 g/mol. The maximum Gasteiger partial charge on any atom is 0.227 e. The number of ether oxygens (including phenoxy) is 1. The van der Waals surface area contributed by atoms with Gasteiger partial charge in [-0.25, -0.2) is 0 Å². The lowest BCUT2D eigenvalue weighted by Crippen LogP contribution is -2.42. The Hall–Kier alpha value is -2.24. The molecule has 1 aromatic carbocycles. The van der Waals surface area contributed by atoms with Crippen LogP contribution in [0, 0.1) is 0 Å². The lowest BCUT2D eigenvalue weighted by Gasteiger charge is -2.32. The molecule has 3 heterocycles. The number of amides is 1. The van der Waals surface area contributed by atoms with Gasteiger partial charge in [-0.3, -0.25) is 9.78 Å². The van der Waals surface area contributed by atoms with Gasteiger partial charge in [-0.2, -0.15) is 11.3 Å². The molecular formula is C19H18N2O2S. The maximum atomic E-state index is 12.7. The van der Waals surface area contributed by atoms with Crippen LogP contribution in [0.15, 0.2) is 53.4 Å². The third-order valence-corrected chi connectivity index (χ3v) is 5.04. The number of hydrogen-bond donors (Lipinski definition) is 0. The van der Waals surface area contributed by atoms with Gasteiger partial charge >= 0.3 is 0 Å². The van der Waals surface area contributed by atoms with Gasteiger partial charge in [-0.1, -0.05) is 18.2 Å². The number of carbonyl (C=O) groups excluding carboxylic acids is 1. The molecule has 1 fully saturated rings. The molecule has 5 heteroatoms. The average Bonchev–Trinajstić information content (AvgIpc) is 3.16. The van der Waals surface area contributed by atoms with Crippen molar-refractivity contribution in [1.29, 1.82) is 0 Å². The van der Waals surface area contributed by atoms with Crippen LogP contribution in [0.5, 0.6) is 0 Å². The van der Waals surface area contributed by atoms with Gasteiger partial charge < -0.3 is 9.64 Å². The molecular weight excluding hydrogens is 320 g/mol. The first-order valence-corrected chi connectivity index (χ1v) is 8.99. The Morgan fingerprint density at radius 3 is 3.12 bits per heavy atom. The Balaban J connectivity index is 1.46. The Morgan fingerprint density at radius 1 is 1.33 bits per heavy atom. The molecule has 4 rings (SSSR count). The van der Waals surface area contributed by atoms with Crippen LogP contribution in [0.3, 0.4) is 0 Å². The summed E-state index contributed by atoms with van der Waals surface area (Å²) in [5.74, 6) is 0.135. The molecule has 0 spiro atoms. The van der Waals surface area contributed by atoms with E-state index in [0.717, 1.165) is 22.0 Å². The molecule has 1 aliphatic heterocycles. The van der Waals surface area contributed by atoms with E-state index in [1.54, 1.807) is 17.5 Å². The molecule has 0 aliphatic carbocycles. The van der Waals surface area contributed by atoms with E-state index in [0.29, 0.717) is 26.1 Å². The smallest absolute Gasteiger partial charge is 0.227 e. The Labute approximate surface area is 144 Å². The van der Waals surface area contributed by atoms with Gasteiger partial charge in [0.2, 0.25) is 5.91 Å². The highest BCUT2D eigenvalue weighted by Crippen LogP contribution is 2.24. The summed E-state index contributed by atoms with van der Waals surface area (Å²) in [6.45, 7) is 1.86. The Kier molecular flexibility index (Phi) is 4.28. The molecule has 2 aromatic heterocycles. The number of morpholine rings is 1. The molecule has 1 atom stereocenters. The van der Waals surface area contributed by atoms with E-state index in [1.165, 1.54) is 0 Å². The number of carbonyl (C=O) groups is 1. The zero-order chi connectivity index (χ0) is 16.4. The zero-order valence-electron chi connectivity index (χ0n) is 13.2. The van der Waals surface area contributed by atoms with E-state index in [-0.39, 0.29) is 12.0 Å². The van der Waals surface area contributed by atoms with E-state index in [1.807, 2.05) is 34.5 Å². The summed E-state index contributed by atoms with van der Waals surface area (Å²) in [7, 11) is 0. The number of rotatable bonds is 3. The summed E-state index contributed by atoms with van der Waals surface area (Å²) in [6.07, 6.45) is 2.18. The number of thiophene rings is 1. The zero-order valence-corrected chi connectivity index (χ0v) is 14.0. The number of hydrogen-bond acceptors (Lipinski definition) is 4. The molecule has 1 amide bonds. The first-order chi connectivity index (χ1) is 11.8. The van der Waals surface area contributed by atoms with Crippen LogP contribution in [0.25, 0.3) is 10.9 Å². The lowest BCUT2D eigenvalue weighted by atomic mass is 10.1. The van der Waals surface area contributed by atoms with Crippen LogP contribution in [0.1, 0.15) is 17.2 Å². The van der Waals surface area contributed by atoms with Crippen molar-refractivity contribution < 1.29 is 9.53 Å². The van der Waals surface area contributed by atoms with Gasteiger partial charge in [-0.05, 0) is 40.1 Å². The van der Waals surface area contributed by atoms with Gasteiger partial charge in [0, 0.05) is 18.1 Å². The fourth-order valence-corrected chi connectivity index (χ4v) is 3.74. The van der Waals surface area contributed by atoms with Crippen LogP contribution in [0.2, 0.25) is 0 Å². The van der Waals surface area contributed by atoms with Crippen LogP contribution in [-0.4, -0.2) is 35.5 Å². The number of benzene rings is 1. The van der Waals surface area contributed by atoms with Crippen LogP contribution < -0.4 is 0 Å². The number of nitrogens with zero attached hydrogens (tertiary/aromatic N) is 2. The standard InChI is InChI=1S/C19H18N2O2S/c22-19(10-14-9-15-3-1-2-4-17(15)20-11-14)21-6-7-23-18(12-21)16-5-8-24-13-16/h1-5,8-9,11,13,18H,6-7,10,12H2/t18-/m1/s1. The van der Waals surface area contributed by atoms with E-state index >= 15 is 0 Å². The summed E-state index contributed by atoms with van der Waals surface area (Å²) >= 11 is 1.65. The first kappa shape index (κ1) is 15.3. The minimum atomic E-state index is -0.0105. The number of aromatic nitrogens is 1. The second kappa shape index (κ2) is 6.71. The minimum absolute atomic E-state index is 0.0105. The maximum absolute atomic E-state index is 12.7. The van der Waals surface area contributed by atoms with Gasteiger partial charge in [0.1, 0.15) is 6.10 Å². The van der Waals surface area contributed by atoms with Gasteiger partial charge in [-0.15, -0.1) is 0 Å². The summed E-state index contributed by atoms with van der Waals surface area (Å²) in [4.78, 5) is 19.0. The summed E-state index contributed by atoms with van der Waals surface area (Å²) < 4.78 is 5.81. The first-order valence-electron chi connectivity index (χ1n) is 8.05. The molecule has 0 bridgehead atoms. The number of fused-ring (bicyclic) bond motifs is 1. The highest BCUT2D eigenvalue weighted by molar-refractivity contribution is 7.07. The fourth-order valence-electron chi connectivity index (χ4n) is 3.04. The van der Waals surface area contributed by atoms with Crippen molar-refractivity contribution >= 4 is 28.1 Å². The summed E-state index contributed by atoms with van der Waals surface area (Å²) in [5.41, 5.74) is 3.07. The van der Waals surface area contributed by atoms with E-state index < -0.39 is 0 Å². The normalized spacial score (nSPS) is 18.0. The predicted octanol–water partition coefficient (Wildman–Crippen LogP) is 3.44. The second-order valence-corrected chi connectivity index (χ2v) is 6.75. The Bertz CT molecular complexity index is 847. The van der Waals surface area contributed by atoms with Crippen LogP contribution in [0.4, 0.5) is 0 Å². The molecule has 0 unspecified atom stereocenters. The Morgan fingerprint density at radius 2 is 2.25 bits per heavy atom. The quantitative estimate of drug-likeness (QED) is 0.735. The minimum Gasteiger partial charge on any atom is -0.370 e. The van der Waals surface area contributed by atoms with E-state index in [9.17, 15) is 4.79 Å². The van der Waals surface area contributed by atoms with Crippen molar-refractivity contribution in [3.05, 3.63) is 64.5 Å². The molecule has 122 valence electrons. The van der Waals surface area contributed by atoms with Crippen LogP contribution >= 0.6 is 11.3 Å². The molecule has 0 N–H and O–H groups in total. The van der Waals surface area contributed by atoms with Crippen molar-refractivity contribution in [2.45, 2.75) is 12.5 Å². The molecule has 1 aliphatic rings. The van der Waals surface area contributed by atoms with E-state index in [4.69, 9.17) is 4.74 Å². The van der Waals surface area contributed by atoms with Gasteiger partial charge in [0.15, 0.2) is 0 Å². The third-order valence-electron chi connectivity index (χ3n) is 4.34. The van der Waals surface area contributed by atoms with E-state index in [2.05, 4.69) is 22.5 Å². The van der Waals surface area contributed by atoms with Crippen LogP contribution in [-0.2, 0) is 16.0 Å². The fraction of sp³-hybridized carbons (Fsp3) is 0.263. The third kappa shape index (κ3) is 3.18. The monoisotopic (exact) mass is 338 g/mol. The SMILES string of the molecule is O=C(Cc1cnc2ccccc2c1)N1CCO[C@@H](c2ccsc2)C1. The van der Waals surface area contributed by atoms with Crippen molar-refractivity contribution in [2.24, 2.45) is 0 Å². The molecule has 0 saturated carbocycles. The number of pyridine rings is 1. The van der Waals surface area contributed by atoms with Crippen molar-refractivity contribution in [3.63, 3.8) is 0 Å². The highest BCUT2D eigenvalue weighted by Gasteiger charge is 2.25. The molecule has 0 radical (unpaired) electrons. The van der Waals surface area contributed by atoms with Crippen molar-refractivity contribution in [2.75, 3.05) is 19.7 Å². The molecule has 1 saturated heterocycles. The summed E-state index contributed by atoms with van der Waals surface area (Å²) in [5, 5.41) is 5.20. The van der Waals surface area contributed by atoms with Gasteiger partial charge in [0.05, 0.1) is 25.1 Å². The highest BCUT2D eigenvalue weighted by atomic mass is 32.1. The van der Waals surface area contributed by atoms with Gasteiger partial charge in [0.25, 0.3) is 0 Å². The van der Waals surface area contributed by atoms with Crippen molar-refractivity contribution in [3.8, 4) is 0 Å². The predicted molar refractivity (Wildman–Crippen MR) is 95.0 cm³/mol. The molecule has 24 heavy (non-hydrogen) atoms. The lowest BCUT2D eigenvalue weighted by molar-refractivity contribution is -0.138. The largest absolute Gasteiger partial charge is 0.370 e. The topological polar surface area (TPSA) is 42.4 Å². The second-order valence-electron chi connectivity index (χ2n) is 5.97. The van der Waals surface area contributed by atoms with Crippen molar-refractivity contribution in [1.82, 2.24) is 9.88 Å². The summed E-state index contributed by atoms with van der Waals surface area (Å²) in [6, 6.07) is 12.1. The molecule has 3 aromatic rings. The molecule has 4 nitrogen and oxygen atoms in total.